The lowest BCUT2D eigenvalue weighted by Gasteiger charge is -2.28. The topological polar surface area (TPSA) is 78.5 Å². The quantitative estimate of drug-likeness (QED) is 0.804. The zero-order chi connectivity index (χ0) is 18.9. The molecule has 3 aliphatic rings. The summed E-state index contributed by atoms with van der Waals surface area (Å²) in [6, 6.07) is 5.51. The summed E-state index contributed by atoms with van der Waals surface area (Å²) in [5, 5.41) is 5.74. The van der Waals surface area contributed by atoms with Gasteiger partial charge in [-0.05, 0) is 55.4 Å². The minimum absolute atomic E-state index is 0.233. The third-order valence-corrected chi connectivity index (χ3v) is 6.14. The molecular weight excluding hydrogens is 342 g/mol. The summed E-state index contributed by atoms with van der Waals surface area (Å²) in [6.07, 6.45) is 9.84. The van der Waals surface area contributed by atoms with Gasteiger partial charge < -0.3 is 10.6 Å². The number of anilines is 1. The molecule has 0 atom stereocenters. The Labute approximate surface area is 159 Å². The van der Waals surface area contributed by atoms with Crippen LogP contribution in [0.2, 0.25) is 0 Å². The van der Waals surface area contributed by atoms with Crippen molar-refractivity contribution in [2.24, 2.45) is 0 Å². The second-order valence-electron chi connectivity index (χ2n) is 8.06. The van der Waals surface area contributed by atoms with Gasteiger partial charge in [-0.3, -0.25) is 14.5 Å². The number of amides is 4. The molecule has 0 unspecified atom stereocenters. The predicted octanol–water partition coefficient (Wildman–Crippen LogP) is 3.15. The Morgan fingerprint density at radius 3 is 2.48 bits per heavy atom. The maximum Gasteiger partial charge on any atom is 0.325 e. The molecule has 1 aromatic rings. The summed E-state index contributed by atoms with van der Waals surface area (Å²) >= 11 is 0. The molecule has 0 bridgehead atoms. The van der Waals surface area contributed by atoms with Crippen LogP contribution in [0.3, 0.4) is 0 Å². The number of hydrogen-bond acceptors (Lipinski definition) is 3. The molecule has 1 heterocycles. The fourth-order valence-electron chi connectivity index (χ4n) is 4.66. The highest BCUT2D eigenvalue weighted by atomic mass is 16.2. The van der Waals surface area contributed by atoms with Crippen LogP contribution >= 0.6 is 0 Å². The first-order valence-electron chi connectivity index (χ1n) is 10.1. The van der Waals surface area contributed by atoms with Gasteiger partial charge in [0.25, 0.3) is 5.91 Å². The third kappa shape index (κ3) is 3.57. The summed E-state index contributed by atoms with van der Waals surface area (Å²) in [5.41, 5.74) is 2.55. The zero-order valence-electron chi connectivity index (χ0n) is 15.7. The van der Waals surface area contributed by atoms with Crippen LogP contribution < -0.4 is 10.6 Å². The number of rotatable bonds is 3. The molecule has 2 N–H and O–H groups in total. The molecule has 6 heteroatoms. The van der Waals surface area contributed by atoms with Crippen molar-refractivity contribution in [2.45, 2.75) is 69.7 Å². The van der Waals surface area contributed by atoms with E-state index in [-0.39, 0.29) is 18.4 Å². The Hall–Kier alpha value is -2.37. The number of nitrogens with zero attached hydrogens (tertiary/aromatic N) is 1. The Morgan fingerprint density at radius 2 is 1.70 bits per heavy atom. The first-order chi connectivity index (χ1) is 13.1. The molecule has 2 aliphatic carbocycles. The molecule has 1 aliphatic heterocycles. The van der Waals surface area contributed by atoms with E-state index in [0.29, 0.717) is 12.8 Å². The minimum atomic E-state index is -0.800. The zero-order valence-corrected chi connectivity index (χ0v) is 15.7. The van der Waals surface area contributed by atoms with E-state index in [4.69, 9.17) is 0 Å². The molecule has 144 valence electrons. The van der Waals surface area contributed by atoms with E-state index in [2.05, 4.69) is 16.7 Å². The maximum absolute atomic E-state index is 13.0. The van der Waals surface area contributed by atoms with Crippen molar-refractivity contribution in [3.63, 3.8) is 0 Å². The van der Waals surface area contributed by atoms with Crippen molar-refractivity contribution in [1.82, 2.24) is 10.2 Å². The van der Waals surface area contributed by atoms with Gasteiger partial charge in [-0.2, -0.15) is 0 Å². The number of carbonyl (C=O) groups excluding carboxylic acids is 3. The van der Waals surface area contributed by atoms with Crippen molar-refractivity contribution in [1.29, 1.82) is 0 Å². The molecule has 0 radical (unpaired) electrons. The highest BCUT2D eigenvalue weighted by molar-refractivity contribution is 6.10. The first kappa shape index (κ1) is 18.0. The van der Waals surface area contributed by atoms with Crippen LogP contribution in [0.4, 0.5) is 10.5 Å². The molecule has 1 saturated heterocycles. The van der Waals surface area contributed by atoms with Gasteiger partial charge in [0.2, 0.25) is 5.91 Å². The number of imide groups is 1. The maximum atomic E-state index is 13.0. The Balaban J connectivity index is 1.41. The third-order valence-electron chi connectivity index (χ3n) is 6.14. The van der Waals surface area contributed by atoms with Gasteiger partial charge >= 0.3 is 6.03 Å². The summed E-state index contributed by atoms with van der Waals surface area (Å²) in [7, 11) is 0. The molecule has 27 heavy (non-hydrogen) atoms. The monoisotopic (exact) mass is 369 g/mol. The average Bonchev–Trinajstić information content (AvgIpc) is 3.17. The van der Waals surface area contributed by atoms with Crippen molar-refractivity contribution < 1.29 is 14.4 Å². The summed E-state index contributed by atoms with van der Waals surface area (Å²) in [5.74, 6) is -0.571. The van der Waals surface area contributed by atoms with Crippen LogP contribution in [0.15, 0.2) is 18.2 Å². The van der Waals surface area contributed by atoms with Gasteiger partial charge in [-0.15, -0.1) is 0 Å². The lowest BCUT2D eigenvalue weighted by atomic mass is 9.84. The second kappa shape index (κ2) is 7.33. The van der Waals surface area contributed by atoms with Crippen molar-refractivity contribution in [3.05, 3.63) is 29.3 Å². The molecule has 6 nitrogen and oxygen atoms in total. The molecule has 1 spiro atoms. The van der Waals surface area contributed by atoms with Gasteiger partial charge in [0.15, 0.2) is 0 Å². The van der Waals surface area contributed by atoms with E-state index in [1.165, 1.54) is 17.5 Å². The van der Waals surface area contributed by atoms with E-state index in [1.807, 2.05) is 12.1 Å². The standard InChI is InChI=1S/C21H27N3O3/c25-18(22-17-10-9-15-7-6-8-16(15)13-17)14-24-19(26)21(23-20(24)27)11-4-2-1-3-5-12-21/h9-10,13H,1-8,11-12,14H2,(H,22,25)(H,23,27). The summed E-state index contributed by atoms with van der Waals surface area (Å²) in [6.45, 7) is -0.233. The number of aryl methyl sites for hydroxylation is 2. The van der Waals surface area contributed by atoms with Crippen LogP contribution in [0.25, 0.3) is 0 Å². The number of fused-ring (bicyclic) bond motifs is 1. The number of carbonyl (C=O) groups is 3. The highest BCUT2D eigenvalue weighted by Crippen LogP contribution is 2.32. The molecular formula is C21H27N3O3. The van der Waals surface area contributed by atoms with Gasteiger partial charge in [0, 0.05) is 5.69 Å². The second-order valence-corrected chi connectivity index (χ2v) is 8.06. The highest BCUT2D eigenvalue weighted by Gasteiger charge is 2.50. The molecule has 0 aromatic heterocycles. The number of urea groups is 1. The lowest BCUT2D eigenvalue weighted by Crippen LogP contribution is -2.47. The number of benzene rings is 1. The van der Waals surface area contributed by atoms with Gasteiger partial charge in [0.05, 0.1) is 0 Å². The molecule has 4 amide bonds. The largest absolute Gasteiger partial charge is 0.325 e. The van der Waals surface area contributed by atoms with Gasteiger partial charge in [-0.25, -0.2) is 4.79 Å². The van der Waals surface area contributed by atoms with Crippen LogP contribution in [0.5, 0.6) is 0 Å². The average molecular weight is 369 g/mol. The van der Waals surface area contributed by atoms with E-state index in [1.54, 1.807) is 0 Å². The van der Waals surface area contributed by atoms with Crippen LogP contribution in [-0.2, 0) is 22.4 Å². The Morgan fingerprint density at radius 1 is 1.00 bits per heavy atom. The fraction of sp³-hybridized carbons (Fsp3) is 0.571. The molecule has 2 fully saturated rings. The summed E-state index contributed by atoms with van der Waals surface area (Å²) in [4.78, 5) is 38.9. The lowest BCUT2D eigenvalue weighted by molar-refractivity contribution is -0.134. The Kier molecular flexibility index (Phi) is 4.89. The molecule has 1 saturated carbocycles. The normalized spacial score (nSPS) is 21.6. The van der Waals surface area contributed by atoms with Gasteiger partial charge in [-0.1, -0.05) is 38.2 Å². The van der Waals surface area contributed by atoms with E-state index in [0.717, 1.165) is 55.5 Å². The molecule has 1 aromatic carbocycles. The van der Waals surface area contributed by atoms with Gasteiger partial charge in [0.1, 0.15) is 12.1 Å². The van der Waals surface area contributed by atoms with Crippen molar-refractivity contribution in [3.8, 4) is 0 Å². The van der Waals surface area contributed by atoms with E-state index >= 15 is 0 Å². The predicted molar refractivity (Wildman–Crippen MR) is 102 cm³/mol. The Bertz CT molecular complexity index is 766. The van der Waals surface area contributed by atoms with Crippen molar-refractivity contribution in [2.75, 3.05) is 11.9 Å². The molecule has 4 rings (SSSR count). The smallest absolute Gasteiger partial charge is 0.325 e. The first-order valence-corrected chi connectivity index (χ1v) is 10.1. The SMILES string of the molecule is O=C(CN1C(=O)NC2(CCCCCCC2)C1=O)Nc1ccc2c(c1)CCC2. The number of nitrogens with one attached hydrogen (secondary N) is 2. The van der Waals surface area contributed by atoms with E-state index < -0.39 is 11.6 Å². The van der Waals surface area contributed by atoms with Crippen LogP contribution in [-0.4, -0.2) is 34.8 Å². The van der Waals surface area contributed by atoms with E-state index in [9.17, 15) is 14.4 Å². The summed E-state index contributed by atoms with van der Waals surface area (Å²) < 4.78 is 0. The van der Waals surface area contributed by atoms with Crippen molar-refractivity contribution >= 4 is 23.5 Å². The van der Waals surface area contributed by atoms with Crippen LogP contribution in [0.1, 0.15) is 62.5 Å². The van der Waals surface area contributed by atoms with Crippen LogP contribution in [0, 0.1) is 0 Å². The number of hydrogen-bond donors (Lipinski definition) is 2. The minimum Gasteiger partial charge on any atom is -0.325 e. The fourth-order valence-corrected chi connectivity index (χ4v) is 4.66.